The largest absolute Gasteiger partial charge is 0.373 e. The highest BCUT2D eigenvalue weighted by molar-refractivity contribution is 5.93. The van der Waals surface area contributed by atoms with Gasteiger partial charge in [-0.15, -0.1) is 0 Å². The molecule has 0 radical (unpaired) electrons. The van der Waals surface area contributed by atoms with E-state index in [0.29, 0.717) is 24.3 Å². The van der Waals surface area contributed by atoms with E-state index >= 15 is 0 Å². The first kappa shape index (κ1) is 19.1. The third-order valence-electron chi connectivity index (χ3n) is 5.30. The van der Waals surface area contributed by atoms with E-state index in [4.69, 9.17) is 4.74 Å². The molecule has 2 saturated heterocycles. The number of carbonyl (C=O) groups excluding carboxylic acids is 1. The summed E-state index contributed by atoms with van der Waals surface area (Å²) in [5.74, 6) is 1.67. The molecule has 3 heterocycles. The Kier molecular flexibility index (Phi) is 6.48. The molecule has 0 aromatic carbocycles. The topological polar surface area (TPSA) is 57.7 Å². The molecule has 0 bridgehead atoms. The van der Waals surface area contributed by atoms with Gasteiger partial charge in [-0.1, -0.05) is 0 Å². The standard InChI is InChI=1S/C20H32N4O2/c1-4-21-20(25)18-5-6-19(22-11-18)24-9-7-17(8-10-24)14-23-12-15(2)26-16(3)13-23/h5-6,11,15-17H,4,7-10,12-14H2,1-3H3,(H,21,25). The molecule has 1 aromatic heterocycles. The molecular weight excluding hydrogens is 328 g/mol. The zero-order chi connectivity index (χ0) is 18.5. The third-order valence-corrected chi connectivity index (χ3v) is 5.30. The molecule has 2 atom stereocenters. The first-order valence-electron chi connectivity index (χ1n) is 9.92. The molecule has 26 heavy (non-hydrogen) atoms. The van der Waals surface area contributed by atoms with E-state index in [2.05, 4.69) is 33.9 Å². The van der Waals surface area contributed by atoms with Gasteiger partial charge in [0.15, 0.2) is 0 Å². The van der Waals surface area contributed by atoms with Crippen LogP contribution in [0.4, 0.5) is 5.82 Å². The molecule has 2 aliphatic rings. The number of hydrogen-bond acceptors (Lipinski definition) is 5. The van der Waals surface area contributed by atoms with E-state index in [1.54, 1.807) is 6.20 Å². The molecule has 1 aromatic rings. The lowest BCUT2D eigenvalue weighted by Crippen LogP contribution is -2.48. The van der Waals surface area contributed by atoms with Crippen molar-refractivity contribution in [1.82, 2.24) is 15.2 Å². The van der Waals surface area contributed by atoms with Crippen molar-refractivity contribution in [1.29, 1.82) is 0 Å². The Bertz CT molecular complexity index is 574. The monoisotopic (exact) mass is 360 g/mol. The van der Waals surface area contributed by atoms with E-state index in [9.17, 15) is 4.79 Å². The first-order chi connectivity index (χ1) is 12.5. The number of morpholine rings is 1. The molecule has 2 aliphatic heterocycles. The number of hydrogen-bond donors (Lipinski definition) is 1. The summed E-state index contributed by atoms with van der Waals surface area (Å²) in [5, 5.41) is 2.81. The summed E-state index contributed by atoms with van der Waals surface area (Å²) in [6, 6.07) is 3.84. The van der Waals surface area contributed by atoms with Crippen LogP contribution in [0.2, 0.25) is 0 Å². The van der Waals surface area contributed by atoms with Crippen molar-refractivity contribution >= 4 is 11.7 Å². The minimum atomic E-state index is -0.0563. The molecule has 144 valence electrons. The van der Waals surface area contributed by atoms with Gasteiger partial charge in [-0.25, -0.2) is 4.98 Å². The second-order valence-electron chi connectivity index (χ2n) is 7.67. The van der Waals surface area contributed by atoms with Gasteiger partial charge in [0.2, 0.25) is 0 Å². The number of aromatic nitrogens is 1. The molecule has 0 spiro atoms. The average molecular weight is 361 g/mol. The SMILES string of the molecule is CCNC(=O)c1ccc(N2CCC(CN3CC(C)OC(C)C3)CC2)nc1. The van der Waals surface area contributed by atoms with Gasteiger partial charge in [-0.2, -0.15) is 0 Å². The maximum absolute atomic E-state index is 11.8. The lowest BCUT2D eigenvalue weighted by molar-refractivity contribution is -0.0720. The molecule has 3 rings (SSSR count). The van der Waals surface area contributed by atoms with Gasteiger partial charge >= 0.3 is 0 Å². The van der Waals surface area contributed by atoms with Crippen LogP contribution in [0.5, 0.6) is 0 Å². The van der Waals surface area contributed by atoms with E-state index in [0.717, 1.165) is 37.9 Å². The third kappa shape index (κ3) is 4.95. The van der Waals surface area contributed by atoms with E-state index in [1.165, 1.54) is 19.4 Å². The van der Waals surface area contributed by atoms with Crippen molar-refractivity contribution in [3.05, 3.63) is 23.9 Å². The minimum Gasteiger partial charge on any atom is -0.373 e. The fourth-order valence-electron chi connectivity index (χ4n) is 4.11. The molecule has 6 heteroatoms. The minimum absolute atomic E-state index is 0.0563. The first-order valence-corrected chi connectivity index (χ1v) is 9.92. The highest BCUT2D eigenvalue weighted by Crippen LogP contribution is 2.24. The van der Waals surface area contributed by atoms with Gasteiger partial charge < -0.3 is 15.0 Å². The molecule has 2 fully saturated rings. The highest BCUT2D eigenvalue weighted by Gasteiger charge is 2.27. The smallest absolute Gasteiger partial charge is 0.252 e. The van der Waals surface area contributed by atoms with Gasteiger partial charge in [0.1, 0.15) is 5.82 Å². The Balaban J connectivity index is 1.48. The van der Waals surface area contributed by atoms with Crippen molar-refractivity contribution in [3.63, 3.8) is 0 Å². The van der Waals surface area contributed by atoms with Crippen LogP contribution in [0, 0.1) is 5.92 Å². The van der Waals surface area contributed by atoms with Crippen molar-refractivity contribution in [2.75, 3.05) is 44.2 Å². The van der Waals surface area contributed by atoms with Gasteiger partial charge in [0, 0.05) is 45.5 Å². The Labute approximate surface area is 156 Å². The van der Waals surface area contributed by atoms with Crippen LogP contribution in [-0.2, 0) is 4.74 Å². The number of nitrogens with one attached hydrogen (secondary N) is 1. The molecule has 6 nitrogen and oxygen atoms in total. The fraction of sp³-hybridized carbons (Fsp3) is 0.700. The number of amides is 1. The molecule has 0 aliphatic carbocycles. The van der Waals surface area contributed by atoms with E-state index in [1.807, 2.05) is 19.1 Å². The van der Waals surface area contributed by atoms with Crippen LogP contribution >= 0.6 is 0 Å². The quantitative estimate of drug-likeness (QED) is 0.872. The Hall–Kier alpha value is -1.66. The number of nitrogens with zero attached hydrogens (tertiary/aromatic N) is 3. The summed E-state index contributed by atoms with van der Waals surface area (Å²) in [5.41, 5.74) is 0.626. The van der Waals surface area contributed by atoms with Crippen LogP contribution < -0.4 is 10.2 Å². The zero-order valence-electron chi connectivity index (χ0n) is 16.3. The molecular formula is C20H32N4O2. The summed E-state index contributed by atoms with van der Waals surface area (Å²) in [6.07, 6.45) is 4.75. The van der Waals surface area contributed by atoms with Crippen LogP contribution in [0.1, 0.15) is 44.0 Å². The number of rotatable bonds is 5. The number of carbonyl (C=O) groups is 1. The maximum Gasteiger partial charge on any atom is 0.252 e. The van der Waals surface area contributed by atoms with Crippen molar-refractivity contribution in [3.8, 4) is 0 Å². The average Bonchev–Trinajstić information content (AvgIpc) is 2.62. The Morgan fingerprint density at radius 3 is 2.50 bits per heavy atom. The lowest BCUT2D eigenvalue weighted by Gasteiger charge is -2.39. The van der Waals surface area contributed by atoms with Crippen LogP contribution in [0.25, 0.3) is 0 Å². The maximum atomic E-state index is 11.8. The zero-order valence-corrected chi connectivity index (χ0v) is 16.3. The predicted molar refractivity (Wildman–Crippen MR) is 104 cm³/mol. The highest BCUT2D eigenvalue weighted by atomic mass is 16.5. The Morgan fingerprint density at radius 1 is 1.23 bits per heavy atom. The summed E-state index contributed by atoms with van der Waals surface area (Å²) in [7, 11) is 0. The van der Waals surface area contributed by atoms with Crippen molar-refractivity contribution in [2.45, 2.75) is 45.8 Å². The second-order valence-corrected chi connectivity index (χ2v) is 7.67. The number of ether oxygens (including phenoxy) is 1. The normalized spacial score (nSPS) is 25.3. The van der Waals surface area contributed by atoms with Crippen LogP contribution in [0.15, 0.2) is 18.3 Å². The van der Waals surface area contributed by atoms with Gasteiger partial charge in [0.25, 0.3) is 5.91 Å². The summed E-state index contributed by atoms with van der Waals surface area (Å²) in [6.45, 7) is 12.2. The predicted octanol–water partition coefficient (Wildman–Crippen LogP) is 2.16. The number of piperidine rings is 1. The lowest BCUT2D eigenvalue weighted by atomic mass is 9.95. The second kappa shape index (κ2) is 8.82. The number of anilines is 1. The van der Waals surface area contributed by atoms with E-state index < -0.39 is 0 Å². The van der Waals surface area contributed by atoms with Gasteiger partial charge in [0.05, 0.1) is 17.8 Å². The van der Waals surface area contributed by atoms with Gasteiger partial charge in [-0.3, -0.25) is 9.69 Å². The summed E-state index contributed by atoms with van der Waals surface area (Å²) in [4.78, 5) is 21.2. The molecule has 2 unspecified atom stereocenters. The fourth-order valence-corrected chi connectivity index (χ4v) is 4.11. The molecule has 1 N–H and O–H groups in total. The van der Waals surface area contributed by atoms with Crippen molar-refractivity contribution < 1.29 is 9.53 Å². The van der Waals surface area contributed by atoms with Crippen LogP contribution in [-0.4, -0.2) is 67.3 Å². The summed E-state index contributed by atoms with van der Waals surface area (Å²) >= 11 is 0. The Morgan fingerprint density at radius 2 is 1.92 bits per heavy atom. The summed E-state index contributed by atoms with van der Waals surface area (Å²) < 4.78 is 5.84. The number of pyridine rings is 1. The molecule has 1 amide bonds. The van der Waals surface area contributed by atoms with Crippen molar-refractivity contribution in [2.24, 2.45) is 5.92 Å². The van der Waals surface area contributed by atoms with Gasteiger partial charge in [-0.05, 0) is 51.7 Å². The van der Waals surface area contributed by atoms with E-state index in [-0.39, 0.29) is 5.91 Å². The van der Waals surface area contributed by atoms with Crippen LogP contribution in [0.3, 0.4) is 0 Å². The molecule has 0 saturated carbocycles.